The van der Waals surface area contributed by atoms with Gasteiger partial charge in [0.1, 0.15) is 0 Å². The molecule has 0 saturated heterocycles. The number of benzene rings is 2. The maximum Gasteiger partial charge on any atom is 0.257 e. The van der Waals surface area contributed by atoms with Crippen molar-refractivity contribution in [3.63, 3.8) is 0 Å². The van der Waals surface area contributed by atoms with Crippen LogP contribution >= 0.6 is 12.2 Å². The van der Waals surface area contributed by atoms with Crippen LogP contribution in [0.25, 0.3) is 11.1 Å². The van der Waals surface area contributed by atoms with Gasteiger partial charge in [0.25, 0.3) is 5.91 Å². The van der Waals surface area contributed by atoms with Crippen LogP contribution in [-0.2, 0) is 0 Å². The van der Waals surface area contributed by atoms with E-state index in [4.69, 9.17) is 12.2 Å². The van der Waals surface area contributed by atoms with Crippen molar-refractivity contribution in [3.8, 4) is 16.9 Å². The van der Waals surface area contributed by atoms with E-state index in [1.807, 2.05) is 42.5 Å². The molecule has 3 aromatic rings. The van der Waals surface area contributed by atoms with Crippen molar-refractivity contribution in [2.45, 2.75) is 0 Å². The van der Waals surface area contributed by atoms with Crippen LogP contribution in [0.15, 0.2) is 72.9 Å². The summed E-state index contributed by atoms with van der Waals surface area (Å²) >= 11 is 5.08. The van der Waals surface area contributed by atoms with Crippen LogP contribution in [0, 0.1) is 0 Å². The predicted molar refractivity (Wildman–Crippen MR) is 101 cm³/mol. The molecule has 5 nitrogen and oxygen atoms in total. The molecule has 0 aliphatic rings. The second kappa shape index (κ2) is 7.55. The molecule has 0 aliphatic heterocycles. The van der Waals surface area contributed by atoms with Crippen molar-refractivity contribution >= 4 is 29.1 Å². The summed E-state index contributed by atoms with van der Waals surface area (Å²) < 4.78 is 0. The van der Waals surface area contributed by atoms with Gasteiger partial charge in [0.15, 0.2) is 16.7 Å². The van der Waals surface area contributed by atoms with Gasteiger partial charge in [-0.05, 0) is 47.6 Å². The number of carbonyl (C=O) groups is 1. The summed E-state index contributed by atoms with van der Waals surface area (Å²) in [6.45, 7) is 0. The molecule has 6 heteroatoms. The fraction of sp³-hybridized carbons (Fsp3) is 0. The molecule has 124 valence electrons. The normalized spacial score (nSPS) is 10.1. The van der Waals surface area contributed by atoms with Crippen molar-refractivity contribution in [2.75, 3.05) is 5.32 Å². The Morgan fingerprint density at radius 3 is 2.28 bits per heavy atom. The number of aromatic hydroxyl groups is 1. The van der Waals surface area contributed by atoms with E-state index in [0.29, 0.717) is 5.56 Å². The molecule has 0 unspecified atom stereocenters. The molecular weight excluding hydrogens is 334 g/mol. The summed E-state index contributed by atoms with van der Waals surface area (Å²) in [7, 11) is 0. The lowest BCUT2D eigenvalue weighted by molar-refractivity contribution is 0.0977. The minimum absolute atomic E-state index is 0.0497. The quantitative estimate of drug-likeness (QED) is 0.630. The second-order valence-corrected chi connectivity index (χ2v) is 5.63. The van der Waals surface area contributed by atoms with Gasteiger partial charge in [0.05, 0.1) is 0 Å². The Morgan fingerprint density at radius 2 is 1.60 bits per heavy atom. The Hall–Kier alpha value is -3.25. The number of anilines is 1. The minimum Gasteiger partial charge on any atom is -0.504 e. The molecule has 0 radical (unpaired) electrons. The largest absolute Gasteiger partial charge is 0.504 e. The summed E-state index contributed by atoms with van der Waals surface area (Å²) in [5, 5.41) is 15.0. The van der Waals surface area contributed by atoms with Gasteiger partial charge in [-0.25, -0.2) is 4.98 Å². The third-order valence-electron chi connectivity index (χ3n) is 3.50. The molecule has 2 aromatic carbocycles. The lowest BCUT2D eigenvalue weighted by Crippen LogP contribution is -2.34. The Bertz CT molecular complexity index is 896. The average molecular weight is 349 g/mol. The van der Waals surface area contributed by atoms with Gasteiger partial charge in [-0.2, -0.15) is 0 Å². The molecule has 3 rings (SSSR count). The average Bonchev–Trinajstić information content (AvgIpc) is 2.64. The fourth-order valence-electron chi connectivity index (χ4n) is 2.25. The lowest BCUT2D eigenvalue weighted by Gasteiger charge is -2.10. The third-order valence-corrected chi connectivity index (χ3v) is 3.70. The highest BCUT2D eigenvalue weighted by Gasteiger charge is 2.10. The number of thiocarbonyl (C=S) groups is 1. The van der Waals surface area contributed by atoms with Crippen LogP contribution in [0.2, 0.25) is 0 Å². The highest BCUT2D eigenvalue weighted by Crippen LogP contribution is 2.20. The van der Waals surface area contributed by atoms with Crippen LogP contribution in [0.5, 0.6) is 5.75 Å². The molecule has 1 heterocycles. The maximum absolute atomic E-state index is 12.3. The van der Waals surface area contributed by atoms with Gasteiger partial charge in [-0.15, -0.1) is 0 Å². The van der Waals surface area contributed by atoms with Crippen molar-refractivity contribution in [1.29, 1.82) is 0 Å². The lowest BCUT2D eigenvalue weighted by atomic mass is 10.0. The first kappa shape index (κ1) is 16.6. The highest BCUT2D eigenvalue weighted by molar-refractivity contribution is 7.80. The van der Waals surface area contributed by atoms with Crippen molar-refractivity contribution in [2.24, 2.45) is 0 Å². The molecular formula is C19H15N3O2S. The molecule has 0 atom stereocenters. The standard InChI is InChI=1S/C19H15N3O2S/c23-16-7-4-12-20-17(16)21-19(25)22-18(24)15-10-8-14(9-11-15)13-5-2-1-3-6-13/h1-12,23H,(H2,20,21,22,24,25). The summed E-state index contributed by atoms with van der Waals surface area (Å²) in [6.07, 6.45) is 1.51. The topological polar surface area (TPSA) is 74.2 Å². The monoisotopic (exact) mass is 349 g/mol. The van der Waals surface area contributed by atoms with Crippen LogP contribution in [-0.4, -0.2) is 21.1 Å². The summed E-state index contributed by atoms with van der Waals surface area (Å²) in [5.41, 5.74) is 2.59. The first-order chi connectivity index (χ1) is 12.1. The molecule has 3 N–H and O–H groups in total. The number of amides is 1. The van der Waals surface area contributed by atoms with Gasteiger partial charge >= 0.3 is 0 Å². The Balaban J connectivity index is 1.65. The zero-order chi connectivity index (χ0) is 17.6. The smallest absolute Gasteiger partial charge is 0.257 e. The molecule has 25 heavy (non-hydrogen) atoms. The Labute approximate surface area is 150 Å². The second-order valence-electron chi connectivity index (χ2n) is 5.22. The van der Waals surface area contributed by atoms with Gasteiger partial charge < -0.3 is 10.4 Å². The predicted octanol–water partition coefficient (Wildman–Crippen LogP) is 3.58. The number of hydrogen-bond donors (Lipinski definition) is 3. The third kappa shape index (κ3) is 4.19. The van der Waals surface area contributed by atoms with Gasteiger partial charge in [0.2, 0.25) is 0 Å². The van der Waals surface area contributed by atoms with E-state index in [1.54, 1.807) is 18.2 Å². The van der Waals surface area contributed by atoms with Gasteiger partial charge in [-0.3, -0.25) is 10.1 Å². The minimum atomic E-state index is -0.340. The van der Waals surface area contributed by atoms with Crippen LogP contribution < -0.4 is 10.6 Å². The number of pyridine rings is 1. The number of hydrogen-bond acceptors (Lipinski definition) is 4. The first-order valence-corrected chi connectivity index (χ1v) is 7.96. The highest BCUT2D eigenvalue weighted by atomic mass is 32.1. The zero-order valence-electron chi connectivity index (χ0n) is 13.1. The van der Waals surface area contributed by atoms with Crippen LogP contribution in [0.1, 0.15) is 10.4 Å². The van der Waals surface area contributed by atoms with Crippen molar-refractivity contribution in [1.82, 2.24) is 10.3 Å². The van der Waals surface area contributed by atoms with Crippen molar-refractivity contribution in [3.05, 3.63) is 78.5 Å². The first-order valence-electron chi connectivity index (χ1n) is 7.55. The number of carbonyl (C=O) groups excluding carboxylic acids is 1. The molecule has 0 fully saturated rings. The molecule has 1 amide bonds. The van der Waals surface area contributed by atoms with E-state index in [0.717, 1.165) is 11.1 Å². The summed E-state index contributed by atoms with van der Waals surface area (Å²) in [4.78, 5) is 16.2. The van der Waals surface area contributed by atoms with Gasteiger partial charge in [-0.1, -0.05) is 42.5 Å². The zero-order valence-corrected chi connectivity index (χ0v) is 14.0. The van der Waals surface area contributed by atoms with E-state index in [1.165, 1.54) is 12.3 Å². The van der Waals surface area contributed by atoms with E-state index in [2.05, 4.69) is 15.6 Å². The summed E-state index contributed by atoms with van der Waals surface area (Å²) in [6, 6.07) is 20.2. The molecule has 0 spiro atoms. The number of aromatic nitrogens is 1. The Kier molecular flexibility index (Phi) is 5.01. The van der Waals surface area contributed by atoms with E-state index < -0.39 is 0 Å². The molecule has 0 aliphatic carbocycles. The van der Waals surface area contributed by atoms with E-state index >= 15 is 0 Å². The molecule has 0 saturated carbocycles. The SMILES string of the molecule is O=C(NC(=S)Nc1ncccc1O)c1ccc(-c2ccccc2)cc1. The van der Waals surface area contributed by atoms with E-state index in [9.17, 15) is 9.90 Å². The summed E-state index contributed by atoms with van der Waals surface area (Å²) in [5.74, 6) is -0.203. The Morgan fingerprint density at radius 1 is 0.920 bits per heavy atom. The van der Waals surface area contributed by atoms with E-state index in [-0.39, 0.29) is 22.6 Å². The number of rotatable bonds is 3. The maximum atomic E-state index is 12.3. The molecule has 0 bridgehead atoms. The fourth-order valence-corrected chi connectivity index (χ4v) is 2.44. The number of nitrogens with one attached hydrogen (secondary N) is 2. The van der Waals surface area contributed by atoms with Crippen molar-refractivity contribution < 1.29 is 9.90 Å². The van der Waals surface area contributed by atoms with Crippen LogP contribution in [0.3, 0.4) is 0 Å². The molecule has 1 aromatic heterocycles. The number of nitrogens with zero attached hydrogens (tertiary/aromatic N) is 1. The van der Waals surface area contributed by atoms with Crippen LogP contribution in [0.4, 0.5) is 5.82 Å². The van der Waals surface area contributed by atoms with Gasteiger partial charge in [0, 0.05) is 11.8 Å².